The van der Waals surface area contributed by atoms with Gasteiger partial charge in [-0.1, -0.05) is 29.8 Å². The molecule has 0 atom stereocenters. The fraction of sp³-hybridized carbons (Fsp3) is 0.444. The highest BCUT2D eigenvalue weighted by atomic mass is 35.5. The molecule has 3 rings (SSSR count). The molecule has 0 spiro atoms. The minimum atomic E-state index is -2.64. The van der Waals surface area contributed by atoms with Gasteiger partial charge in [0, 0.05) is 37.7 Å². The van der Waals surface area contributed by atoms with Gasteiger partial charge in [-0.25, -0.2) is 8.78 Å². The van der Waals surface area contributed by atoms with Crippen LogP contribution in [-0.2, 0) is 17.9 Å². The van der Waals surface area contributed by atoms with Gasteiger partial charge in [-0.2, -0.15) is 5.10 Å². The number of amides is 1. The Bertz CT molecular complexity index is 772. The number of aromatic nitrogens is 2. The van der Waals surface area contributed by atoms with E-state index in [1.54, 1.807) is 11.8 Å². The quantitative estimate of drug-likeness (QED) is 0.797. The van der Waals surface area contributed by atoms with E-state index in [0.717, 1.165) is 34.9 Å². The SMILES string of the molecule is Cc1cc(C(F)F)n(CC(=O)N2CCN(Cc3ccccc3Cl)CC2)n1. The van der Waals surface area contributed by atoms with Crippen LogP contribution in [0.5, 0.6) is 0 Å². The Morgan fingerprint density at radius 2 is 1.92 bits per heavy atom. The summed E-state index contributed by atoms with van der Waals surface area (Å²) >= 11 is 6.19. The van der Waals surface area contributed by atoms with Crippen molar-refractivity contribution in [3.63, 3.8) is 0 Å². The Morgan fingerprint density at radius 1 is 1.23 bits per heavy atom. The van der Waals surface area contributed by atoms with E-state index in [-0.39, 0.29) is 18.1 Å². The van der Waals surface area contributed by atoms with Crippen molar-refractivity contribution in [1.82, 2.24) is 19.6 Å². The van der Waals surface area contributed by atoms with Crippen LogP contribution in [0, 0.1) is 6.92 Å². The fourth-order valence-electron chi connectivity index (χ4n) is 3.12. The maximum Gasteiger partial charge on any atom is 0.280 e. The summed E-state index contributed by atoms with van der Waals surface area (Å²) in [6.45, 7) is 4.78. The van der Waals surface area contributed by atoms with E-state index in [9.17, 15) is 13.6 Å². The zero-order chi connectivity index (χ0) is 18.7. The van der Waals surface area contributed by atoms with Gasteiger partial charge in [0.05, 0.1) is 5.69 Å². The van der Waals surface area contributed by atoms with Gasteiger partial charge >= 0.3 is 0 Å². The molecule has 140 valence electrons. The van der Waals surface area contributed by atoms with E-state index in [1.807, 2.05) is 24.3 Å². The van der Waals surface area contributed by atoms with Crippen molar-refractivity contribution in [2.24, 2.45) is 0 Å². The van der Waals surface area contributed by atoms with E-state index in [1.165, 1.54) is 6.07 Å². The third-order valence-corrected chi connectivity index (χ3v) is 4.89. The molecule has 1 fully saturated rings. The van der Waals surface area contributed by atoms with Crippen LogP contribution < -0.4 is 0 Å². The second kappa shape index (κ2) is 8.14. The molecule has 8 heteroatoms. The Kier molecular flexibility index (Phi) is 5.88. The fourth-order valence-corrected chi connectivity index (χ4v) is 3.31. The summed E-state index contributed by atoms with van der Waals surface area (Å²) in [5.74, 6) is -0.188. The normalized spacial score (nSPS) is 15.7. The van der Waals surface area contributed by atoms with Crippen molar-refractivity contribution in [2.75, 3.05) is 26.2 Å². The second-order valence-electron chi connectivity index (χ2n) is 6.42. The van der Waals surface area contributed by atoms with Gasteiger partial charge in [-0.3, -0.25) is 14.4 Å². The number of hydrogen-bond donors (Lipinski definition) is 0. The monoisotopic (exact) mass is 382 g/mol. The first-order valence-corrected chi connectivity index (χ1v) is 8.88. The van der Waals surface area contributed by atoms with Crippen molar-refractivity contribution in [3.8, 4) is 0 Å². The van der Waals surface area contributed by atoms with Crippen molar-refractivity contribution in [1.29, 1.82) is 0 Å². The zero-order valence-electron chi connectivity index (χ0n) is 14.5. The lowest BCUT2D eigenvalue weighted by Gasteiger charge is -2.35. The van der Waals surface area contributed by atoms with E-state index >= 15 is 0 Å². The maximum atomic E-state index is 13.0. The molecule has 0 saturated carbocycles. The van der Waals surface area contributed by atoms with E-state index < -0.39 is 6.43 Å². The van der Waals surface area contributed by atoms with Crippen LogP contribution in [0.25, 0.3) is 0 Å². The van der Waals surface area contributed by atoms with Crippen LogP contribution in [0.3, 0.4) is 0 Å². The minimum absolute atomic E-state index is 0.155. The first-order valence-electron chi connectivity index (χ1n) is 8.50. The molecule has 0 radical (unpaired) electrons. The molecular weight excluding hydrogens is 362 g/mol. The molecule has 1 amide bonds. The van der Waals surface area contributed by atoms with Gasteiger partial charge in [-0.05, 0) is 24.6 Å². The van der Waals surface area contributed by atoms with Crippen LogP contribution in [0.4, 0.5) is 8.78 Å². The summed E-state index contributed by atoms with van der Waals surface area (Å²) in [5, 5.41) is 4.75. The Hall–Kier alpha value is -1.99. The van der Waals surface area contributed by atoms with Crippen LogP contribution >= 0.6 is 11.6 Å². The largest absolute Gasteiger partial charge is 0.339 e. The summed E-state index contributed by atoms with van der Waals surface area (Å²) in [6, 6.07) is 9.02. The third-order valence-electron chi connectivity index (χ3n) is 4.52. The van der Waals surface area contributed by atoms with Gasteiger partial charge in [-0.15, -0.1) is 0 Å². The minimum Gasteiger partial charge on any atom is -0.339 e. The summed E-state index contributed by atoms with van der Waals surface area (Å²) in [7, 11) is 0. The summed E-state index contributed by atoms with van der Waals surface area (Å²) < 4.78 is 27.2. The smallest absolute Gasteiger partial charge is 0.280 e. The highest BCUT2D eigenvalue weighted by Gasteiger charge is 2.24. The molecule has 1 aromatic carbocycles. The van der Waals surface area contributed by atoms with Gasteiger partial charge in [0.1, 0.15) is 12.2 Å². The van der Waals surface area contributed by atoms with Crippen LogP contribution in [0.15, 0.2) is 30.3 Å². The average molecular weight is 383 g/mol. The van der Waals surface area contributed by atoms with Crippen molar-refractivity contribution in [2.45, 2.75) is 26.4 Å². The molecule has 2 heterocycles. The molecule has 0 unspecified atom stereocenters. The van der Waals surface area contributed by atoms with Gasteiger partial charge < -0.3 is 4.90 Å². The third kappa shape index (κ3) is 4.40. The van der Waals surface area contributed by atoms with Crippen molar-refractivity contribution in [3.05, 3.63) is 52.3 Å². The average Bonchev–Trinajstić information content (AvgIpc) is 2.98. The lowest BCUT2D eigenvalue weighted by molar-refractivity contribution is -0.134. The Labute approximate surface area is 156 Å². The standard InChI is InChI=1S/C18H21ClF2N4O/c1-13-10-16(18(20)21)25(22-13)12-17(26)24-8-6-23(7-9-24)11-14-4-2-3-5-15(14)19/h2-5,10,18H,6-9,11-12H2,1H3. The van der Waals surface area contributed by atoms with Gasteiger partial charge in [0.2, 0.25) is 5.91 Å². The van der Waals surface area contributed by atoms with Crippen molar-refractivity contribution >= 4 is 17.5 Å². The molecule has 0 aliphatic carbocycles. The van der Waals surface area contributed by atoms with Crippen LogP contribution in [0.1, 0.15) is 23.4 Å². The first kappa shape index (κ1) is 18.8. The molecule has 2 aromatic rings. The van der Waals surface area contributed by atoms with E-state index in [0.29, 0.717) is 18.8 Å². The van der Waals surface area contributed by atoms with E-state index in [4.69, 9.17) is 11.6 Å². The number of benzene rings is 1. The molecule has 0 bridgehead atoms. The number of carbonyl (C=O) groups is 1. The zero-order valence-corrected chi connectivity index (χ0v) is 15.3. The predicted octanol–water partition coefficient (Wildman–Crippen LogP) is 3.13. The number of alkyl halides is 2. The molecule has 5 nitrogen and oxygen atoms in total. The summed E-state index contributed by atoms with van der Waals surface area (Å²) in [4.78, 5) is 16.4. The first-order chi connectivity index (χ1) is 12.4. The Balaban J connectivity index is 1.55. The summed E-state index contributed by atoms with van der Waals surface area (Å²) in [5.41, 5.74) is 1.33. The number of piperazine rings is 1. The second-order valence-corrected chi connectivity index (χ2v) is 6.82. The highest BCUT2D eigenvalue weighted by Crippen LogP contribution is 2.20. The molecule has 26 heavy (non-hydrogen) atoms. The maximum absolute atomic E-state index is 13.0. The summed E-state index contributed by atoms with van der Waals surface area (Å²) in [6.07, 6.45) is -2.64. The van der Waals surface area contributed by atoms with Gasteiger partial charge in [0.15, 0.2) is 0 Å². The van der Waals surface area contributed by atoms with Crippen molar-refractivity contribution < 1.29 is 13.6 Å². The molecule has 1 aliphatic heterocycles. The molecule has 1 aromatic heterocycles. The number of aryl methyl sites for hydroxylation is 1. The number of nitrogens with zero attached hydrogens (tertiary/aromatic N) is 4. The number of halogens is 3. The lowest BCUT2D eigenvalue weighted by Crippen LogP contribution is -2.49. The number of hydrogen-bond acceptors (Lipinski definition) is 3. The van der Waals surface area contributed by atoms with Gasteiger partial charge in [0.25, 0.3) is 6.43 Å². The molecule has 0 N–H and O–H groups in total. The van der Waals surface area contributed by atoms with Crippen LogP contribution in [0.2, 0.25) is 5.02 Å². The lowest BCUT2D eigenvalue weighted by atomic mass is 10.2. The predicted molar refractivity (Wildman–Crippen MR) is 95.2 cm³/mol. The number of carbonyl (C=O) groups excluding carboxylic acids is 1. The molecule has 1 aliphatic rings. The molecular formula is C18H21ClF2N4O. The topological polar surface area (TPSA) is 41.4 Å². The molecule has 1 saturated heterocycles. The number of rotatable bonds is 5. The van der Waals surface area contributed by atoms with E-state index in [2.05, 4.69) is 10.00 Å². The Morgan fingerprint density at radius 3 is 2.58 bits per heavy atom. The highest BCUT2D eigenvalue weighted by molar-refractivity contribution is 6.31. The van der Waals surface area contributed by atoms with Crippen LogP contribution in [-0.4, -0.2) is 51.7 Å².